The lowest BCUT2D eigenvalue weighted by molar-refractivity contribution is 0.256. The summed E-state index contributed by atoms with van der Waals surface area (Å²) >= 11 is 0. The highest BCUT2D eigenvalue weighted by atomic mass is 16.5. The molecule has 2 N–H and O–H groups in total. The minimum Gasteiger partial charge on any atom is -0.497 e. The van der Waals surface area contributed by atoms with Gasteiger partial charge in [-0.3, -0.25) is 0 Å². The Labute approximate surface area is 105 Å². The first-order chi connectivity index (χ1) is 8.69. The summed E-state index contributed by atoms with van der Waals surface area (Å²) in [6, 6.07) is 7.01. The van der Waals surface area contributed by atoms with E-state index in [1.165, 1.54) is 0 Å². The molecule has 0 saturated heterocycles. The van der Waals surface area contributed by atoms with Gasteiger partial charge in [0.05, 0.1) is 13.2 Å². The molecule has 0 spiro atoms. The highest BCUT2D eigenvalue weighted by Crippen LogP contribution is 2.20. The van der Waals surface area contributed by atoms with Crippen molar-refractivity contribution in [3.05, 3.63) is 36.0 Å². The van der Waals surface area contributed by atoms with Gasteiger partial charge in [-0.1, -0.05) is 6.07 Å². The number of methoxy groups -OCH3 is 1. The van der Waals surface area contributed by atoms with E-state index in [4.69, 9.17) is 19.6 Å². The Balaban J connectivity index is 1.97. The second-order valence-corrected chi connectivity index (χ2v) is 3.79. The molecule has 1 aromatic carbocycles. The highest BCUT2D eigenvalue weighted by Gasteiger charge is 2.10. The molecule has 0 aliphatic rings. The van der Waals surface area contributed by atoms with Crippen LogP contribution < -0.4 is 15.2 Å². The van der Waals surface area contributed by atoms with Gasteiger partial charge in [0.25, 0.3) is 5.89 Å². The van der Waals surface area contributed by atoms with E-state index in [0.29, 0.717) is 17.5 Å². The quantitative estimate of drug-likeness (QED) is 0.867. The number of aromatic nitrogens is 2. The summed E-state index contributed by atoms with van der Waals surface area (Å²) in [7, 11) is 1.60. The highest BCUT2D eigenvalue weighted by molar-refractivity contribution is 5.32. The number of hydrogen-bond acceptors (Lipinski definition) is 6. The lowest BCUT2D eigenvalue weighted by Gasteiger charge is -2.05. The molecular weight excluding hydrogens is 234 g/mol. The molecule has 2 aromatic rings. The minimum atomic E-state index is -0.275. The van der Waals surface area contributed by atoms with Crippen molar-refractivity contribution in [3.8, 4) is 11.5 Å². The van der Waals surface area contributed by atoms with Gasteiger partial charge in [-0.2, -0.15) is 0 Å². The molecule has 0 amide bonds. The molecule has 0 fully saturated rings. The molecule has 1 unspecified atom stereocenters. The van der Waals surface area contributed by atoms with Crippen LogP contribution in [0.1, 0.15) is 24.7 Å². The number of benzene rings is 1. The first-order valence-electron chi connectivity index (χ1n) is 5.53. The predicted molar refractivity (Wildman–Crippen MR) is 64.2 cm³/mol. The first kappa shape index (κ1) is 12.4. The van der Waals surface area contributed by atoms with Crippen molar-refractivity contribution < 1.29 is 13.9 Å². The number of ether oxygens (including phenoxy) is 2. The van der Waals surface area contributed by atoms with Gasteiger partial charge in [0.1, 0.15) is 11.5 Å². The van der Waals surface area contributed by atoms with Gasteiger partial charge >= 0.3 is 0 Å². The molecule has 96 valence electrons. The van der Waals surface area contributed by atoms with Crippen LogP contribution in [-0.2, 0) is 6.61 Å². The van der Waals surface area contributed by atoms with E-state index in [9.17, 15) is 0 Å². The molecule has 1 heterocycles. The lowest BCUT2D eigenvalue weighted by Crippen LogP contribution is -2.04. The van der Waals surface area contributed by atoms with Crippen LogP contribution in [0.15, 0.2) is 28.7 Å². The Morgan fingerprint density at radius 2 is 2.11 bits per heavy atom. The monoisotopic (exact) mass is 249 g/mol. The van der Waals surface area contributed by atoms with Gasteiger partial charge in [0.15, 0.2) is 6.61 Å². The van der Waals surface area contributed by atoms with Crippen LogP contribution in [0.4, 0.5) is 0 Å². The van der Waals surface area contributed by atoms with Crippen molar-refractivity contribution in [3.63, 3.8) is 0 Å². The maximum Gasteiger partial charge on any atom is 0.253 e. The van der Waals surface area contributed by atoms with Gasteiger partial charge in [0.2, 0.25) is 5.89 Å². The molecule has 1 aromatic heterocycles. The topological polar surface area (TPSA) is 83.4 Å². The van der Waals surface area contributed by atoms with E-state index in [0.717, 1.165) is 5.75 Å². The van der Waals surface area contributed by atoms with Gasteiger partial charge in [-0.05, 0) is 19.1 Å². The van der Waals surface area contributed by atoms with Crippen LogP contribution >= 0.6 is 0 Å². The Hall–Kier alpha value is -2.08. The summed E-state index contributed by atoms with van der Waals surface area (Å²) in [5.41, 5.74) is 5.62. The van der Waals surface area contributed by atoms with E-state index < -0.39 is 0 Å². The molecule has 6 nitrogen and oxygen atoms in total. The molecule has 2 rings (SSSR count). The zero-order valence-electron chi connectivity index (χ0n) is 10.3. The number of nitrogens with zero attached hydrogens (tertiary/aromatic N) is 2. The Bertz CT molecular complexity index is 511. The summed E-state index contributed by atoms with van der Waals surface area (Å²) in [5, 5.41) is 7.66. The number of hydrogen-bond donors (Lipinski definition) is 1. The van der Waals surface area contributed by atoms with Crippen LogP contribution in [0.2, 0.25) is 0 Å². The molecule has 0 aliphatic carbocycles. The third-order valence-electron chi connectivity index (χ3n) is 2.28. The van der Waals surface area contributed by atoms with Crippen LogP contribution in [-0.4, -0.2) is 17.3 Å². The number of nitrogens with two attached hydrogens (primary N) is 1. The Kier molecular flexibility index (Phi) is 3.78. The molecule has 6 heteroatoms. The average molecular weight is 249 g/mol. The molecule has 0 saturated carbocycles. The summed E-state index contributed by atoms with van der Waals surface area (Å²) in [5.74, 6) is 2.20. The molecule has 18 heavy (non-hydrogen) atoms. The summed E-state index contributed by atoms with van der Waals surface area (Å²) in [6.07, 6.45) is 0. The fraction of sp³-hybridized carbons (Fsp3) is 0.333. The zero-order valence-corrected chi connectivity index (χ0v) is 10.3. The Morgan fingerprint density at radius 1 is 1.33 bits per heavy atom. The van der Waals surface area contributed by atoms with Crippen LogP contribution in [0.25, 0.3) is 0 Å². The molecule has 1 atom stereocenters. The van der Waals surface area contributed by atoms with E-state index in [1.54, 1.807) is 20.1 Å². The molecule has 0 aliphatic heterocycles. The normalized spacial score (nSPS) is 12.2. The standard InChI is InChI=1S/C12H15N3O3/c1-8(13)12-15-14-11(18-12)7-17-10-5-3-4-9(6-10)16-2/h3-6,8H,7,13H2,1-2H3. The second kappa shape index (κ2) is 5.50. The molecule has 0 bridgehead atoms. The fourth-order valence-electron chi connectivity index (χ4n) is 1.34. The van der Waals surface area contributed by atoms with Crippen LogP contribution in [0.3, 0.4) is 0 Å². The van der Waals surface area contributed by atoms with Gasteiger partial charge in [-0.25, -0.2) is 0 Å². The summed E-state index contributed by atoms with van der Waals surface area (Å²) in [4.78, 5) is 0. The zero-order chi connectivity index (χ0) is 13.0. The van der Waals surface area contributed by atoms with Crippen molar-refractivity contribution in [2.45, 2.75) is 19.6 Å². The van der Waals surface area contributed by atoms with Crippen molar-refractivity contribution in [2.75, 3.05) is 7.11 Å². The van der Waals surface area contributed by atoms with Crippen molar-refractivity contribution in [2.24, 2.45) is 5.73 Å². The van der Waals surface area contributed by atoms with E-state index in [1.807, 2.05) is 18.2 Å². The minimum absolute atomic E-state index is 0.201. The maximum atomic E-state index is 5.62. The van der Waals surface area contributed by atoms with E-state index >= 15 is 0 Å². The van der Waals surface area contributed by atoms with E-state index in [2.05, 4.69) is 10.2 Å². The average Bonchev–Trinajstić information content (AvgIpc) is 2.85. The van der Waals surface area contributed by atoms with Gasteiger partial charge < -0.3 is 19.6 Å². The van der Waals surface area contributed by atoms with Crippen molar-refractivity contribution >= 4 is 0 Å². The second-order valence-electron chi connectivity index (χ2n) is 3.79. The smallest absolute Gasteiger partial charge is 0.253 e. The SMILES string of the molecule is COc1cccc(OCc2nnc(C(C)N)o2)c1. The largest absolute Gasteiger partial charge is 0.497 e. The van der Waals surface area contributed by atoms with Gasteiger partial charge in [0, 0.05) is 6.07 Å². The summed E-state index contributed by atoms with van der Waals surface area (Å²) in [6.45, 7) is 1.98. The summed E-state index contributed by atoms with van der Waals surface area (Å²) < 4.78 is 15.9. The fourth-order valence-corrected chi connectivity index (χ4v) is 1.34. The van der Waals surface area contributed by atoms with Gasteiger partial charge in [-0.15, -0.1) is 10.2 Å². The van der Waals surface area contributed by atoms with Crippen LogP contribution in [0.5, 0.6) is 11.5 Å². The van der Waals surface area contributed by atoms with Crippen molar-refractivity contribution in [1.82, 2.24) is 10.2 Å². The maximum absolute atomic E-state index is 5.62. The third kappa shape index (κ3) is 2.98. The van der Waals surface area contributed by atoms with Crippen LogP contribution in [0, 0.1) is 0 Å². The number of rotatable bonds is 5. The third-order valence-corrected chi connectivity index (χ3v) is 2.28. The Morgan fingerprint density at radius 3 is 2.78 bits per heavy atom. The first-order valence-corrected chi connectivity index (χ1v) is 5.53. The van der Waals surface area contributed by atoms with E-state index in [-0.39, 0.29) is 12.6 Å². The van der Waals surface area contributed by atoms with Crippen molar-refractivity contribution in [1.29, 1.82) is 0 Å². The lowest BCUT2D eigenvalue weighted by atomic mass is 10.3. The molecular formula is C12H15N3O3. The predicted octanol–water partition coefficient (Wildman–Crippen LogP) is 1.68. The molecule has 0 radical (unpaired) electrons.